The molecule has 0 bridgehead atoms. The molecule has 4 aromatic rings. The van der Waals surface area contributed by atoms with E-state index in [4.69, 9.17) is 4.74 Å². The van der Waals surface area contributed by atoms with Crippen molar-refractivity contribution in [3.05, 3.63) is 102 Å². The Labute approximate surface area is 224 Å². The number of aliphatic hydroxyl groups is 1. The highest BCUT2D eigenvalue weighted by molar-refractivity contribution is 7.13. The number of esters is 1. The van der Waals surface area contributed by atoms with Crippen molar-refractivity contribution in [3.8, 4) is 21.7 Å². The summed E-state index contributed by atoms with van der Waals surface area (Å²) in [6.45, 7) is 5.69. The number of rotatable bonds is 10. The molecule has 0 saturated carbocycles. The lowest BCUT2D eigenvalue weighted by molar-refractivity contribution is -0.160. The zero-order valence-electron chi connectivity index (χ0n) is 21.8. The molecule has 0 aliphatic rings. The number of hydrogen-bond donors (Lipinski definition) is 1. The highest BCUT2D eigenvalue weighted by atomic mass is 32.1. The molecule has 1 heterocycles. The maximum Gasteiger partial charge on any atom is 0.309 e. The fraction of sp³-hybridized carbons (Fsp3) is 0.312. The van der Waals surface area contributed by atoms with Crippen LogP contribution in [0.1, 0.15) is 38.3 Å². The summed E-state index contributed by atoms with van der Waals surface area (Å²) in [4.78, 5) is 17.6. The van der Waals surface area contributed by atoms with E-state index in [-0.39, 0.29) is 24.4 Å². The first-order chi connectivity index (χ1) is 17.8. The van der Waals surface area contributed by atoms with E-state index in [1.165, 1.54) is 5.56 Å². The van der Waals surface area contributed by atoms with E-state index < -0.39 is 5.60 Å². The normalized spacial score (nSPS) is 13.2. The minimum Gasteiger partial charge on any atom is -0.460 e. The number of hydrogen-bond acceptors (Lipinski definition) is 5. The van der Waals surface area contributed by atoms with Crippen molar-refractivity contribution in [2.75, 3.05) is 6.61 Å². The van der Waals surface area contributed by atoms with Gasteiger partial charge in [0.05, 0.1) is 5.92 Å². The minimum atomic E-state index is -0.563. The molecule has 192 valence electrons. The predicted octanol–water partition coefficient (Wildman–Crippen LogP) is 7.22. The highest BCUT2D eigenvalue weighted by Gasteiger charge is 2.28. The smallest absolute Gasteiger partial charge is 0.309 e. The largest absolute Gasteiger partial charge is 0.460 e. The first-order valence-corrected chi connectivity index (χ1v) is 13.7. The van der Waals surface area contributed by atoms with Crippen molar-refractivity contribution in [1.29, 1.82) is 0 Å². The molecule has 0 amide bonds. The van der Waals surface area contributed by atoms with Crippen LogP contribution >= 0.6 is 11.3 Å². The first kappa shape index (κ1) is 26.8. The van der Waals surface area contributed by atoms with Crippen molar-refractivity contribution in [1.82, 2.24) is 4.98 Å². The van der Waals surface area contributed by atoms with Gasteiger partial charge in [-0.05, 0) is 68.2 Å². The predicted molar refractivity (Wildman–Crippen MR) is 151 cm³/mol. The number of nitrogens with zero attached hydrogens (tertiary/aromatic N) is 1. The summed E-state index contributed by atoms with van der Waals surface area (Å²) < 4.78 is 5.79. The van der Waals surface area contributed by atoms with Gasteiger partial charge < -0.3 is 9.84 Å². The molecule has 0 saturated heterocycles. The molecule has 0 aliphatic heterocycles. The summed E-state index contributed by atoms with van der Waals surface area (Å²) in [5.41, 5.74) is 5.07. The number of aromatic nitrogens is 1. The SMILES string of the molecule is CC(C)(C)OC(=O)[C@H](Cc1ccc(-c2nccs2)cc1)C[C@H](CO)Cc1ccc(-c2ccccc2)cc1. The van der Waals surface area contributed by atoms with Crippen LogP contribution in [-0.2, 0) is 22.4 Å². The maximum absolute atomic E-state index is 13.2. The van der Waals surface area contributed by atoms with Crippen molar-refractivity contribution < 1.29 is 14.6 Å². The number of ether oxygens (including phenoxy) is 1. The molecular weight excluding hydrogens is 478 g/mol. The number of carbonyl (C=O) groups is 1. The lowest BCUT2D eigenvalue weighted by Crippen LogP contribution is -2.31. The van der Waals surface area contributed by atoms with E-state index in [0.29, 0.717) is 19.3 Å². The van der Waals surface area contributed by atoms with Gasteiger partial charge in [-0.1, -0.05) is 78.9 Å². The Morgan fingerprint density at radius 1 is 0.865 bits per heavy atom. The molecule has 4 nitrogen and oxygen atoms in total. The third kappa shape index (κ3) is 7.85. The molecule has 0 unspecified atom stereocenters. The molecule has 0 aliphatic carbocycles. The first-order valence-electron chi connectivity index (χ1n) is 12.8. The Kier molecular flexibility index (Phi) is 8.91. The van der Waals surface area contributed by atoms with E-state index >= 15 is 0 Å². The van der Waals surface area contributed by atoms with Crippen LogP contribution in [0.5, 0.6) is 0 Å². The number of thiazole rings is 1. The van der Waals surface area contributed by atoms with Gasteiger partial charge in [-0.25, -0.2) is 4.98 Å². The molecule has 37 heavy (non-hydrogen) atoms. The van der Waals surface area contributed by atoms with Crippen LogP contribution in [0.25, 0.3) is 21.7 Å². The minimum absolute atomic E-state index is 0.0166. The van der Waals surface area contributed by atoms with Crippen molar-refractivity contribution in [2.24, 2.45) is 11.8 Å². The summed E-state index contributed by atoms with van der Waals surface area (Å²) >= 11 is 1.61. The van der Waals surface area contributed by atoms with E-state index in [9.17, 15) is 9.90 Å². The van der Waals surface area contributed by atoms with Crippen molar-refractivity contribution in [2.45, 2.75) is 45.6 Å². The van der Waals surface area contributed by atoms with Gasteiger partial charge in [0.15, 0.2) is 0 Å². The summed E-state index contributed by atoms with van der Waals surface area (Å²) in [6.07, 6.45) is 3.63. The van der Waals surface area contributed by atoms with Gasteiger partial charge in [-0.15, -0.1) is 11.3 Å². The van der Waals surface area contributed by atoms with Gasteiger partial charge in [-0.3, -0.25) is 4.79 Å². The molecule has 5 heteroatoms. The van der Waals surface area contributed by atoms with E-state index in [1.54, 1.807) is 17.5 Å². The average molecular weight is 514 g/mol. The van der Waals surface area contributed by atoms with Crippen LogP contribution in [-0.4, -0.2) is 28.3 Å². The number of aliphatic hydroxyl groups excluding tert-OH is 1. The summed E-state index contributed by atoms with van der Waals surface area (Å²) in [5, 5.41) is 13.2. The molecule has 1 N–H and O–H groups in total. The fourth-order valence-corrected chi connectivity index (χ4v) is 5.15. The third-order valence-corrected chi connectivity index (χ3v) is 7.14. The molecule has 1 aromatic heterocycles. The fourth-order valence-electron chi connectivity index (χ4n) is 4.50. The quantitative estimate of drug-likeness (QED) is 0.228. The summed E-state index contributed by atoms with van der Waals surface area (Å²) in [6, 6.07) is 27.0. The second kappa shape index (κ2) is 12.3. The average Bonchev–Trinajstić information content (AvgIpc) is 3.43. The summed E-state index contributed by atoms with van der Waals surface area (Å²) in [5.74, 6) is -0.602. The third-order valence-electron chi connectivity index (χ3n) is 6.32. The van der Waals surface area contributed by atoms with Crippen LogP contribution in [0, 0.1) is 11.8 Å². The van der Waals surface area contributed by atoms with Gasteiger partial charge >= 0.3 is 5.97 Å². The lowest BCUT2D eigenvalue weighted by atomic mass is 9.86. The topological polar surface area (TPSA) is 59.4 Å². The second-order valence-electron chi connectivity index (χ2n) is 10.5. The number of carbonyl (C=O) groups excluding carboxylic acids is 1. The molecule has 2 atom stereocenters. The Bertz CT molecular complexity index is 1240. The molecule has 3 aromatic carbocycles. The van der Waals surface area contributed by atoms with Gasteiger partial charge in [0, 0.05) is 23.7 Å². The van der Waals surface area contributed by atoms with E-state index in [2.05, 4.69) is 65.6 Å². The van der Waals surface area contributed by atoms with E-state index in [0.717, 1.165) is 27.3 Å². The number of benzene rings is 3. The lowest BCUT2D eigenvalue weighted by Gasteiger charge is -2.26. The zero-order valence-corrected chi connectivity index (χ0v) is 22.6. The molecule has 0 radical (unpaired) electrons. The monoisotopic (exact) mass is 513 g/mol. The maximum atomic E-state index is 13.2. The van der Waals surface area contributed by atoms with Crippen molar-refractivity contribution >= 4 is 17.3 Å². The van der Waals surface area contributed by atoms with Gasteiger partial charge in [0.1, 0.15) is 10.6 Å². The summed E-state index contributed by atoms with van der Waals surface area (Å²) in [7, 11) is 0. The molecule has 0 spiro atoms. The molecule has 4 rings (SSSR count). The van der Waals surface area contributed by atoms with Gasteiger partial charge in [-0.2, -0.15) is 0 Å². The second-order valence-corrected chi connectivity index (χ2v) is 11.4. The van der Waals surface area contributed by atoms with E-state index in [1.807, 2.05) is 44.4 Å². The Morgan fingerprint density at radius 2 is 1.46 bits per heavy atom. The Balaban J connectivity index is 1.46. The standard InChI is InChI=1S/C32H35NO3S/c1-32(2,3)36-31(35)29(20-24-11-15-28(16-12-24)30-33-17-18-37-30)21-25(22-34)19-23-9-13-27(14-10-23)26-7-5-4-6-8-26/h4-18,25,29,34H,19-22H2,1-3H3/t25-,29-/m1/s1. The Morgan fingerprint density at radius 3 is 2.03 bits per heavy atom. The van der Waals surface area contributed by atoms with Gasteiger partial charge in [0.2, 0.25) is 0 Å². The van der Waals surface area contributed by atoms with Gasteiger partial charge in [0.25, 0.3) is 0 Å². The molecule has 0 fully saturated rings. The molecular formula is C32H35NO3S. The zero-order chi connectivity index (χ0) is 26.3. The van der Waals surface area contributed by atoms with Crippen LogP contribution in [0.2, 0.25) is 0 Å². The highest BCUT2D eigenvalue weighted by Crippen LogP contribution is 2.27. The van der Waals surface area contributed by atoms with Crippen molar-refractivity contribution in [3.63, 3.8) is 0 Å². The van der Waals surface area contributed by atoms with Crippen LogP contribution in [0.4, 0.5) is 0 Å². The van der Waals surface area contributed by atoms with Crippen LogP contribution < -0.4 is 0 Å². The Hall–Kier alpha value is -3.28. The van der Waals surface area contributed by atoms with Crippen LogP contribution in [0.15, 0.2) is 90.4 Å². The van der Waals surface area contributed by atoms with Crippen LogP contribution in [0.3, 0.4) is 0 Å².